The molecule has 1 fully saturated rings. The van der Waals surface area contributed by atoms with Gasteiger partial charge in [0.05, 0.1) is 12.2 Å². The summed E-state index contributed by atoms with van der Waals surface area (Å²) in [4.78, 5) is 24.8. The predicted octanol–water partition coefficient (Wildman–Crippen LogP) is 1.57. The summed E-state index contributed by atoms with van der Waals surface area (Å²) in [5.74, 6) is 3.99. The fourth-order valence-corrected chi connectivity index (χ4v) is 2.10. The average molecular weight is 274 g/mol. The summed E-state index contributed by atoms with van der Waals surface area (Å²) in [5.41, 5.74) is 5.71. The van der Waals surface area contributed by atoms with E-state index in [0.717, 1.165) is 4.90 Å². The van der Waals surface area contributed by atoms with Gasteiger partial charge in [0.1, 0.15) is 5.82 Å². The summed E-state index contributed by atoms with van der Waals surface area (Å²) >= 11 is 0. The zero-order valence-electron chi connectivity index (χ0n) is 11.0. The van der Waals surface area contributed by atoms with Crippen LogP contribution in [0.2, 0.25) is 0 Å². The van der Waals surface area contributed by atoms with Gasteiger partial charge in [0.15, 0.2) is 0 Å². The summed E-state index contributed by atoms with van der Waals surface area (Å²) in [6, 6.07) is 4.20. The maximum atomic E-state index is 14.1. The van der Waals surface area contributed by atoms with E-state index in [1.54, 1.807) is 6.07 Å². The van der Waals surface area contributed by atoms with Crippen LogP contribution in [0.3, 0.4) is 0 Å². The molecule has 2 N–H and O–H groups in total. The molecule has 104 valence electrons. The molecule has 0 atom stereocenters. The quantitative estimate of drug-likeness (QED) is 0.624. The fraction of sp³-hybridized carbons (Fsp3) is 0.333. The normalized spacial score (nSPS) is 15.6. The second-order valence-electron chi connectivity index (χ2n) is 4.50. The summed E-state index contributed by atoms with van der Waals surface area (Å²) < 4.78 is 14.1. The number of benzene rings is 1. The van der Waals surface area contributed by atoms with E-state index >= 15 is 0 Å². The number of amides is 2. The predicted molar refractivity (Wildman–Crippen MR) is 73.3 cm³/mol. The molecule has 1 aromatic rings. The van der Waals surface area contributed by atoms with E-state index in [1.165, 1.54) is 12.1 Å². The van der Waals surface area contributed by atoms with Crippen LogP contribution in [0, 0.1) is 17.7 Å². The molecule has 0 bridgehead atoms. The van der Waals surface area contributed by atoms with Gasteiger partial charge in [-0.25, -0.2) is 9.29 Å². The molecule has 1 aliphatic rings. The number of carbonyl (C=O) groups excluding carboxylic acids is 2. The average Bonchev–Trinajstić information content (AvgIpc) is 2.59. The topological polar surface area (TPSA) is 63.4 Å². The number of anilines is 1. The maximum absolute atomic E-state index is 14.1. The Hall–Kier alpha value is -2.19. The second-order valence-corrected chi connectivity index (χ2v) is 4.50. The van der Waals surface area contributed by atoms with Crippen molar-refractivity contribution >= 4 is 17.5 Å². The molecule has 0 spiro atoms. The first-order valence-electron chi connectivity index (χ1n) is 6.47. The molecule has 4 nitrogen and oxygen atoms in total. The van der Waals surface area contributed by atoms with E-state index in [9.17, 15) is 14.0 Å². The molecule has 0 aliphatic carbocycles. The van der Waals surface area contributed by atoms with Crippen molar-refractivity contribution in [1.29, 1.82) is 0 Å². The van der Waals surface area contributed by atoms with Crippen LogP contribution >= 0.6 is 0 Å². The Kier molecular flexibility index (Phi) is 4.49. The number of carbonyl (C=O) groups is 2. The van der Waals surface area contributed by atoms with E-state index < -0.39 is 5.82 Å². The van der Waals surface area contributed by atoms with Crippen molar-refractivity contribution in [1.82, 2.24) is 0 Å². The minimum atomic E-state index is -0.627. The van der Waals surface area contributed by atoms with Gasteiger partial charge < -0.3 is 5.73 Å². The lowest BCUT2D eigenvalue weighted by molar-refractivity contribution is -0.125. The lowest BCUT2D eigenvalue weighted by Gasteiger charge is -2.19. The van der Waals surface area contributed by atoms with Crippen molar-refractivity contribution in [3.8, 4) is 11.8 Å². The van der Waals surface area contributed by atoms with Gasteiger partial charge in [0.25, 0.3) is 0 Å². The first kappa shape index (κ1) is 14.2. The largest absolute Gasteiger partial charge is 0.320 e. The molecule has 1 saturated heterocycles. The highest BCUT2D eigenvalue weighted by Gasteiger charge is 2.27. The molecule has 0 aromatic heterocycles. The number of hydrogen-bond donors (Lipinski definition) is 1. The summed E-state index contributed by atoms with van der Waals surface area (Å²) in [7, 11) is 0. The van der Waals surface area contributed by atoms with Gasteiger partial charge in [-0.3, -0.25) is 9.59 Å². The van der Waals surface area contributed by atoms with Crippen LogP contribution in [0.1, 0.15) is 31.2 Å². The van der Waals surface area contributed by atoms with Crippen molar-refractivity contribution in [3.63, 3.8) is 0 Å². The molecule has 0 radical (unpaired) electrons. The molecule has 2 rings (SSSR count). The molecule has 2 amide bonds. The Balaban J connectivity index is 2.36. The molecule has 1 aliphatic heterocycles. The first-order chi connectivity index (χ1) is 9.63. The van der Waals surface area contributed by atoms with Crippen molar-refractivity contribution in [2.45, 2.75) is 25.7 Å². The van der Waals surface area contributed by atoms with Crippen molar-refractivity contribution in [2.24, 2.45) is 5.73 Å². The molecule has 1 heterocycles. The van der Waals surface area contributed by atoms with Gasteiger partial charge in [0.2, 0.25) is 11.8 Å². The second kappa shape index (κ2) is 6.31. The molecular formula is C15H15FN2O2. The Labute approximate surface area is 116 Å². The van der Waals surface area contributed by atoms with Crippen LogP contribution in [0.5, 0.6) is 0 Å². The van der Waals surface area contributed by atoms with Crippen LogP contribution in [0.4, 0.5) is 10.1 Å². The third kappa shape index (κ3) is 3.03. The fourth-order valence-electron chi connectivity index (χ4n) is 2.10. The molecule has 20 heavy (non-hydrogen) atoms. The SMILES string of the molecule is NCC#Cc1ccc(N2C(=O)CCCCC2=O)c(F)c1. The molecule has 0 saturated carbocycles. The van der Waals surface area contributed by atoms with E-state index in [-0.39, 0.29) is 36.9 Å². The zero-order valence-corrected chi connectivity index (χ0v) is 11.0. The van der Waals surface area contributed by atoms with Crippen molar-refractivity contribution < 1.29 is 14.0 Å². The molecular weight excluding hydrogens is 259 g/mol. The smallest absolute Gasteiger partial charge is 0.233 e. The number of imide groups is 1. The number of nitrogens with zero attached hydrogens (tertiary/aromatic N) is 1. The Bertz CT molecular complexity index is 584. The maximum Gasteiger partial charge on any atom is 0.233 e. The number of nitrogens with two attached hydrogens (primary N) is 1. The molecule has 1 aromatic carbocycles. The summed E-state index contributed by atoms with van der Waals surface area (Å²) in [6.07, 6.45) is 1.84. The molecule has 5 heteroatoms. The molecule has 0 unspecified atom stereocenters. The highest BCUT2D eigenvalue weighted by molar-refractivity contribution is 6.15. The van der Waals surface area contributed by atoms with Gasteiger partial charge in [-0.05, 0) is 31.0 Å². The van der Waals surface area contributed by atoms with Crippen LogP contribution in [0.25, 0.3) is 0 Å². The van der Waals surface area contributed by atoms with Gasteiger partial charge in [-0.15, -0.1) is 0 Å². The van der Waals surface area contributed by atoms with E-state index in [4.69, 9.17) is 5.73 Å². The van der Waals surface area contributed by atoms with Gasteiger partial charge in [-0.1, -0.05) is 11.8 Å². The summed E-state index contributed by atoms with van der Waals surface area (Å²) in [5, 5.41) is 0. The van der Waals surface area contributed by atoms with Crippen LogP contribution in [-0.2, 0) is 9.59 Å². The Morgan fingerprint density at radius 2 is 1.85 bits per heavy atom. The van der Waals surface area contributed by atoms with Crippen LogP contribution in [-0.4, -0.2) is 18.4 Å². The third-order valence-electron chi connectivity index (χ3n) is 3.05. The third-order valence-corrected chi connectivity index (χ3v) is 3.05. The summed E-state index contributed by atoms with van der Waals surface area (Å²) in [6.45, 7) is 0.187. The minimum Gasteiger partial charge on any atom is -0.320 e. The Morgan fingerprint density at radius 1 is 1.20 bits per heavy atom. The minimum absolute atomic E-state index is 0.000184. The van der Waals surface area contributed by atoms with E-state index in [1.807, 2.05) is 0 Å². The van der Waals surface area contributed by atoms with E-state index in [2.05, 4.69) is 11.8 Å². The number of halogens is 1. The van der Waals surface area contributed by atoms with E-state index in [0.29, 0.717) is 18.4 Å². The first-order valence-corrected chi connectivity index (χ1v) is 6.47. The lowest BCUT2D eigenvalue weighted by atomic mass is 10.1. The Morgan fingerprint density at radius 3 is 2.40 bits per heavy atom. The van der Waals surface area contributed by atoms with Gasteiger partial charge in [-0.2, -0.15) is 0 Å². The highest BCUT2D eigenvalue weighted by atomic mass is 19.1. The van der Waals surface area contributed by atoms with Gasteiger partial charge >= 0.3 is 0 Å². The van der Waals surface area contributed by atoms with Gasteiger partial charge in [0, 0.05) is 18.4 Å². The number of rotatable bonds is 1. The lowest BCUT2D eigenvalue weighted by Crippen LogP contribution is -2.35. The monoisotopic (exact) mass is 274 g/mol. The van der Waals surface area contributed by atoms with Crippen LogP contribution < -0.4 is 10.6 Å². The highest BCUT2D eigenvalue weighted by Crippen LogP contribution is 2.25. The van der Waals surface area contributed by atoms with Crippen molar-refractivity contribution in [2.75, 3.05) is 11.4 Å². The van der Waals surface area contributed by atoms with Crippen molar-refractivity contribution in [3.05, 3.63) is 29.6 Å². The standard InChI is InChI=1S/C15H15FN2O2/c16-12-10-11(4-3-9-17)7-8-13(12)18-14(19)5-1-2-6-15(18)20/h7-8,10H,1-2,5-6,9,17H2. The number of hydrogen-bond acceptors (Lipinski definition) is 3. The van der Waals surface area contributed by atoms with Crippen LogP contribution in [0.15, 0.2) is 18.2 Å². The zero-order chi connectivity index (χ0) is 14.5.